The third-order valence-corrected chi connectivity index (χ3v) is 5.36. The number of hydrogen-bond donors (Lipinski definition) is 2. The van der Waals surface area contributed by atoms with E-state index in [9.17, 15) is 4.79 Å². The number of aromatic nitrogens is 1. The molecule has 2 N–H and O–H groups in total. The maximum absolute atomic E-state index is 12.1. The highest BCUT2D eigenvalue weighted by Gasteiger charge is 2.24. The lowest BCUT2D eigenvalue weighted by Crippen LogP contribution is -2.50. The molecule has 1 fully saturated rings. The Morgan fingerprint density at radius 2 is 2.12 bits per heavy atom. The summed E-state index contributed by atoms with van der Waals surface area (Å²) in [7, 11) is 3.99. The lowest BCUT2D eigenvalue weighted by atomic mass is 10.0. The molecule has 8 heteroatoms. The monoisotopic (exact) mass is 380 g/mol. The minimum atomic E-state index is 0.0727. The summed E-state index contributed by atoms with van der Waals surface area (Å²) < 4.78 is 0. The van der Waals surface area contributed by atoms with Crippen molar-refractivity contribution in [1.29, 1.82) is 0 Å². The molecule has 1 aromatic rings. The van der Waals surface area contributed by atoms with Crippen LogP contribution in [0, 0.1) is 5.92 Å². The number of nitrogens with one attached hydrogen (secondary N) is 2. The van der Waals surface area contributed by atoms with Gasteiger partial charge in [0.1, 0.15) is 0 Å². The zero-order valence-electron chi connectivity index (χ0n) is 16.6. The van der Waals surface area contributed by atoms with Gasteiger partial charge >= 0.3 is 0 Å². The second-order valence-electron chi connectivity index (χ2n) is 7.11. The van der Waals surface area contributed by atoms with Crippen LogP contribution in [0.15, 0.2) is 10.4 Å². The van der Waals surface area contributed by atoms with Crippen LogP contribution in [0.3, 0.4) is 0 Å². The van der Waals surface area contributed by atoms with Crippen molar-refractivity contribution < 1.29 is 4.79 Å². The van der Waals surface area contributed by atoms with Gasteiger partial charge in [-0.2, -0.15) is 0 Å². The molecule has 0 atom stereocenters. The molecule has 1 aromatic heterocycles. The van der Waals surface area contributed by atoms with Crippen LogP contribution in [0.4, 0.5) is 5.13 Å². The highest BCUT2D eigenvalue weighted by atomic mass is 32.1. The molecule has 26 heavy (non-hydrogen) atoms. The molecule has 7 nitrogen and oxygen atoms in total. The second kappa shape index (κ2) is 9.75. The van der Waals surface area contributed by atoms with Crippen LogP contribution < -0.4 is 15.5 Å². The number of likely N-dealkylation sites (tertiary alicyclic amines) is 1. The fourth-order valence-electron chi connectivity index (χ4n) is 2.86. The molecular weight excluding hydrogens is 348 g/mol. The van der Waals surface area contributed by atoms with Crippen LogP contribution in [0.1, 0.15) is 39.3 Å². The average molecular weight is 381 g/mol. The van der Waals surface area contributed by atoms with Crippen LogP contribution in [0.25, 0.3) is 0 Å². The summed E-state index contributed by atoms with van der Waals surface area (Å²) in [6.45, 7) is 8.99. The van der Waals surface area contributed by atoms with Crippen LogP contribution in [-0.2, 0) is 11.3 Å². The molecule has 0 bridgehead atoms. The van der Waals surface area contributed by atoms with Gasteiger partial charge in [-0.3, -0.25) is 4.79 Å². The number of hydrogen-bond acceptors (Lipinski definition) is 5. The predicted molar refractivity (Wildman–Crippen MR) is 109 cm³/mol. The number of piperidine rings is 1. The number of carbonyl (C=O) groups excluding carboxylic acids is 1. The molecule has 1 amide bonds. The molecule has 1 aliphatic heterocycles. The van der Waals surface area contributed by atoms with Gasteiger partial charge in [0.25, 0.3) is 0 Å². The maximum Gasteiger partial charge on any atom is 0.225 e. The molecular formula is C18H32N6OS. The first-order chi connectivity index (χ1) is 12.4. The summed E-state index contributed by atoms with van der Waals surface area (Å²) in [5.41, 5.74) is 0.980. The van der Waals surface area contributed by atoms with Gasteiger partial charge in [0.05, 0.1) is 12.2 Å². The molecule has 1 saturated heterocycles. The zero-order valence-corrected chi connectivity index (χ0v) is 17.4. The summed E-state index contributed by atoms with van der Waals surface area (Å²) in [6.07, 6.45) is 1.90. The zero-order chi connectivity index (χ0) is 19.1. The molecule has 2 rings (SSSR count). The third-order valence-electron chi connectivity index (χ3n) is 4.31. The predicted octanol–water partition coefficient (Wildman–Crippen LogP) is 1.91. The highest BCUT2D eigenvalue weighted by Crippen LogP contribution is 2.18. The smallest absolute Gasteiger partial charge is 0.225 e. The summed E-state index contributed by atoms with van der Waals surface area (Å²) in [5.74, 6) is 1.15. The molecule has 0 spiro atoms. The first kappa shape index (κ1) is 20.5. The van der Waals surface area contributed by atoms with Crippen LogP contribution in [0.2, 0.25) is 0 Å². The number of guanidine groups is 1. The minimum Gasteiger partial charge on any atom is -0.357 e. The Balaban J connectivity index is 1.88. The van der Waals surface area contributed by atoms with Gasteiger partial charge in [-0.1, -0.05) is 13.8 Å². The number of carbonyl (C=O) groups is 1. The molecule has 1 aliphatic rings. The van der Waals surface area contributed by atoms with E-state index in [0.717, 1.165) is 49.3 Å². The van der Waals surface area contributed by atoms with E-state index in [4.69, 9.17) is 0 Å². The van der Waals surface area contributed by atoms with Crippen LogP contribution in [-0.4, -0.2) is 61.5 Å². The quantitative estimate of drug-likeness (QED) is 0.583. The van der Waals surface area contributed by atoms with Crippen molar-refractivity contribution in [2.75, 3.05) is 38.6 Å². The van der Waals surface area contributed by atoms with Gasteiger partial charge in [-0.05, 0) is 19.8 Å². The van der Waals surface area contributed by atoms with Gasteiger partial charge < -0.3 is 20.4 Å². The molecule has 0 aliphatic carbocycles. The van der Waals surface area contributed by atoms with Gasteiger partial charge in [-0.25, -0.2) is 9.98 Å². The SMILES string of the molecule is CCNC(=NCc1csc(N(C)C)n1)NC1CCN(C(=O)C(C)C)CC1. The molecule has 0 aromatic carbocycles. The summed E-state index contributed by atoms with van der Waals surface area (Å²) in [6, 6.07) is 0.344. The van der Waals surface area contributed by atoms with E-state index in [1.807, 2.05) is 37.7 Å². The van der Waals surface area contributed by atoms with Crippen molar-refractivity contribution in [1.82, 2.24) is 20.5 Å². The van der Waals surface area contributed by atoms with Crippen molar-refractivity contribution in [3.63, 3.8) is 0 Å². The van der Waals surface area contributed by atoms with Crippen molar-refractivity contribution in [3.05, 3.63) is 11.1 Å². The van der Waals surface area contributed by atoms with Gasteiger partial charge in [0.2, 0.25) is 5.91 Å². The summed E-state index contributed by atoms with van der Waals surface area (Å²) >= 11 is 1.63. The fourth-order valence-corrected chi connectivity index (χ4v) is 3.61. The van der Waals surface area contributed by atoms with E-state index >= 15 is 0 Å². The number of aliphatic imine (C=N–C) groups is 1. The van der Waals surface area contributed by atoms with E-state index in [2.05, 4.69) is 32.9 Å². The number of amides is 1. The Morgan fingerprint density at radius 1 is 1.42 bits per heavy atom. The number of nitrogens with zero attached hydrogens (tertiary/aromatic N) is 4. The summed E-state index contributed by atoms with van der Waals surface area (Å²) in [5, 5.41) is 9.87. The summed E-state index contributed by atoms with van der Waals surface area (Å²) in [4.78, 5) is 25.3. The van der Waals surface area contributed by atoms with Gasteiger partial charge in [0, 0.05) is 51.1 Å². The molecule has 146 valence electrons. The molecule has 2 heterocycles. The van der Waals surface area contributed by atoms with E-state index in [-0.39, 0.29) is 11.8 Å². The molecule has 0 unspecified atom stereocenters. The Hall–Kier alpha value is -1.83. The number of rotatable bonds is 6. The normalized spacial score (nSPS) is 16.1. The van der Waals surface area contributed by atoms with Crippen molar-refractivity contribution in [3.8, 4) is 0 Å². The van der Waals surface area contributed by atoms with E-state index < -0.39 is 0 Å². The van der Waals surface area contributed by atoms with Crippen LogP contribution >= 0.6 is 11.3 Å². The van der Waals surface area contributed by atoms with Gasteiger partial charge in [-0.15, -0.1) is 11.3 Å². The first-order valence-corrected chi connectivity index (χ1v) is 10.2. The van der Waals surface area contributed by atoms with Crippen molar-refractivity contribution in [2.24, 2.45) is 10.9 Å². The highest BCUT2D eigenvalue weighted by molar-refractivity contribution is 7.13. The average Bonchev–Trinajstić information content (AvgIpc) is 3.09. The number of anilines is 1. The number of thiazole rings is 1. The first-order valence-electron chi connectivity index (χ1n) is 9.36. The largest absolute Gasteiger partial charge is 0.357 e. The molecule has 0 saturated carbocycles. The van der Waals surface area contributed by atoms with Crippen LogP contribution in [0.5, 0.6) is 0 Å². The Labute approximate surface area is 160 Å². The maximum atomic E-state index is 12.1. The van der Waals surface area contributed by atoms with Crippen molar-refractivity contribution in [2.45, 2.75) is 46.2 Å². The van der Waals surface area contributed by atoms with E-state index in [1.165, 1.54) is 0 Å². The Bertz CT molecular complexity index is 605. The van der Waals surface area contributed by atoms with Crippen molar-refractivity contribution >= 4 is 28.3 Å². The van der Waals surface area contributed by atoms with Gasteiger partial charge in [0.15, 0.2) is 11.1 Å². The van der Waals surface area contributed by atoms with E-state index in [1.54, 1.807) is 11.3 Å². The topological polar surface area (TPSA) is 72.9 Å². The second-order valence-corrected chi connectivity index (χ2v) is 7.95. The molecule has 0 radical (unpaired) electrons. The Kier molecular flexibility index (Phi) is 7.68. The van der Waals surface area contributed by atoms with E-state index in [0.29, 0.717) is 12.6 Å². The lowest BCUT2D eigenvalue weighted by molar-refractivity contribution is -0.135. The standard InChI is InChI=1S/C18H32N6OS/c1-6-19-17(20-11-15-12-26-18(22-15)23(4)5)21-14-7-9-24(10-8-14)16(25)13(2)3/h12-14H,6-11H2,1-5H3,(H2,19,20,21). The minimum absolute atomic E-state index is 0.0727. The third kappa shape index (κ3) is 5.86. The fraction of sp³-hybridized carbons (Fsp3) is 0.722. The Morgan fingerprint density at radius 3 is 2.65 bits per heavy atom. The lowest BCUT2D eigenvalue weighted by Gasteiger charge is -2.34.